The normalized spacial score (nSPS) is 26.5. The van der Waals surface area contributed by atoms with Crippen molar-refractivity contribution in [2.45, 2.75) is 63.3 Å². The molecule has 2 aliphatic rings. The number of hydrogen-bond donors (Lipinski definition) is 0. The van der Waals surface area contributed by atoms with Crippen molar-refractivity contribution >= 4 is 5.97 Å². The highest BCUT2D eigenvalue weighted by molar-refractivity contribution is 5.81. The fourth-order valence-corrected chi connectivity index (χ4v) is 4.33. The Kier molecular flexibility index (Phi) is 8.00. The van der Waals surface area contributed by atoms with Gasteiger partial charge in [-0.05, 0) is 36.8 Å². The maximum Gasteiger partial charge on any atom is 0.460 e. The molecule has 4 nitrogen and oxygen atoms in total. The van der Waals surface area contributed by atoms with Crippen molar-refractivity contribution in [1.82, 2.24) is 0 Å². The Balaban J connectivity index is 1.66. The first-order valence-corrected chi connectivity index (χ1v) is 11.0. The lowest BCUT2D eigenvalue weighted by atomic mass is 9.75. The number of carbonyl (C=O) groups excluding carboxylic acids is 1. The summed E-state index contributed by atoms with van der Waals surface area (Å²) in [6, 6.07) is 0.979. The van der Waals surface area contributed by atoms with Gasteiger partial charge in [-0.2, -0.15) is 30.7 Å². The van der Waals surface area contributed by atoms with Crippen LogP contribution in [-0.4, -0.2) is 37.2 Å². The van der Waals surface area contributed by atoms with Crippen LogP contribution in [0.5, 0.6) is 5.75 Å². The zero-order chi connectivity index (χ0) is 26.2. The number of hydrogen-bond acceptors (Lipinski definition) is 4. The van der Waals surface area contributed by atoms with Crippen molar-refractivity contribution in [3.05, 3.63) is 29.3 Å². The first-order chi connectivity index (χ1) is 16.2. The molecule has 1 heterocycles. The van der Waals surface area contributed by atoms with Gasteiger partial charge in [-0.25, -0.2) is 13.6 Å². The van der Waals surface area contributed by atoms with Crippen LogP contribution in [0.2, 0.25) is 0 Å². The highest BCUT2D eigenvalue weighted by atomic mass is 19.4. The molecule has 1 saturated heterocycles. The van der Waals surface area contributed by atoms with Crippen LogP contribution in [0.25, 0.3) is 0 Å². The molecule has 13 heteroatoms. The Labute approximate surface area is 194 Å². The van der Waals surface area contributed by atoms with Crippen molar-refractivity contribution < 1.29 is 58.5 Å². The van der Waals surface area contributed by atoms with Gasteiger partial charge in [0.05, 0.1) is 13.2 Å². The molecule has 1 aromatic rings. The molecule has 0 amide bonds. The molecule has 2 fully saturated rings. The van der Waals surface area contributed by atoms with E-state index in [-0.39, 0.29) is 24.7 Å². The topological polar surface area (TPSA) is 44.8 Å². The third kappa shape index (κ3) is 5.55. The monoisotopic (exact) mass is 522 g/mol. The van der Waals surface area contributed by atoms with Crippen LogP contribution in [0.15, 0.2) is 12.1 Å². The van der Waals surface area contributed by atoms with Crippen molar-refractivity contribution in [3.63, 3.8) is 0 Å². The van der Waals surface area contributed by atoms with Gasteiger partial charge in [-0.1, -0.05) is 26.2 Å². The van der Waals surface area contributed by atoms with E-state index >= 15 is 0 Å². The van der Waals surface area contributed by atoms with Crippen LogP contribution in [0.4, 0.5) is 39.5 Å². The number of benzene rings is 1. The Morgan fingerprint density at radius 3 is 1.89 bits per heavy atom. The van der Waals surface area contributed by atoms with E-state index < -0.39 is 47.7 Å². The molecule has 1 aliphatic heterocycles. The predicted molar refractivity (Wildman–Crippen MR) is 102 cm³/mol. The zero-order valence-corrected chi connectivity index (χ0v) is 18.4. The van der Waals surface area contributed by atoms with Crippen molar-refractivity contribution in [2.24, 2.45) is 17.8 Å². The lowest BCUT2D eigenvalue weighted by Crippen LogP contribution is -2.57. The largest absolute Gasteiger partial charge is 0.460 e. The SMILES string of the molecule is CCC1CCC(C2COC(c3cc(F)c(OC(=O)C(F)(F)C(F)(F)C(F)(F)F)c(F)c3)OC2)CC1. The average molecular weight is 522 g/mol. The van der Waals surface area contributed by atoms with Gasteiger partial charge < -0.3 is 14.2 Å². The molecular weight excluding hydrogens is 499 g/mol. The minimum Gasteiger partial charge on any atom is -0.416 e. The summed E-state index contributed by atoms with van der Waals surface area (Å²) in [6.07, 6.45) is -2.78. The fraction of sp³-hybridized carbons (Fsp3) is 0.682. The molecule has 0 radical (unpaired) electrons. The summed E-state index contributed by atoms with van der Waals surface area (Å²) in [5, 5.41) is 0. The second-order valence-electron chi connectivity index (χ2n) is 8.80. The van der Waals surface area contributed by atoms with Gasteiger partial charge in [-0.3, -0.25) is 0 Å². The highest BCUT2D eigenvalue weighted by Gasteiger charge is 2.77. The van der Waals surface area contributed by atoms with E-state index in [0.717, 1.165) is 32.1 Å². The number of alkyl halides is 7. The molecule has 0 bridgehead atoms. The van der Waals surface area contributed by atoms with Crippen molar-refractivity contribution in [2.75, 3.05) is 13.2 Å². The van der Waals surface area contributed by atoms with Gasteiger partial charge in [-0.15, -0.1) is 0 Å². The molecule has 1 aromatic carbocycles. The van der Waals surface area contributed by atoms with Gasteiger partial charge >= 0.3 is 24.0 Å². The summed E-state index contributed by atoms with van der Waals surface area (Å²) in [5.74, 6) is -21.1. The molecule has 3 rings (SSSR count). The Morgan fingerprint density at radius 2 is 1.43 bits per heavy atom. The Morgan fingerprint density at radius 1 is 0.914 bits per heavy atom. The zero-order valence-electron chi connectivity index (χ0n) is 18.4. The molecule has 0 unspecified atom stereocenters. The molecule has 198 valence electrons. The van der Waals surface area contributed by atoms with E-state index in [4.69, 9.17) is 9.47 Å². The van der Waals surface area contributed by atoms with Crippen LogP contribution in [-0.2, 0) is 14.3 Å². The van der Waals surface area contributed by atoms with Gasteiger partial charge in [0.2, 0.25) is 5.75 Å². The molecule has 1 saturated carbocycles. The molecule has 1 aliphatic carbocycles. The number of carbonyl (C=O) groups is 1. The highest BCUT2D eigenvalue weighted by Crippen LogP contribution is 2.47. The van der Waals surface area contributed by atoms with Gasteiger partial charge in [0.25, 0.3) is 0 Å². The van der Waals surface area contributed by atoms with E-state index in [1.54, 1.807) is 0 Å². The summed E-state index contributed by atoms with van der Waals surface area (Å²) in [4.78, 5) is 11.3. The number of rotatable bonds is 6. The molecule has 0 atom stereocenters. The first kappa shape index (κ1) is 27.6. The van der Waals surface area contributed by atoms with E-state index in [1.165, 1.54) is 0 Å². The minimum absolute atomic E-state index is 0.0662. The smallest absolute Gasteiger partial charge is 0.416 e. The fourth-order valence-electron chi connectivity index (χ4n) is 4.33. The Hall–Kier alpha value is -2.02. The molecule has 0 aromatic heterocycles. The van der Waals surface area contributed by atoms with Crippen LogP contribution < -0.4 is 4.74 Å². The second-order valence-corrected chi connectivity index (χ2v) is 8.80. The van der Waals surface area contributed by atoms with Crippen LogP contribution in [0, 0.1) is 29.4 Å². The minimum atomic E-state index is -6.83. The lowest BCUT2D eigenvalue weighted by molar-refractivity contribution is -0.346. The van der Waals surface area contributed by atoms with Crippen LogP contribution in [0.3, 0.4) is 0 Å². The quantitative estimate of drug-likeness (QED) is 0.241. The summed E-state index contributed by atoms with van der Waals surface area (Å²) in [6.45, 7) is 2.59. The Bertz CT molecular complexity index is 880. The van der Waals surface area contributed by atoms with E-state index in [2.05, 4.69) is 11.7 Å². The summed E-state index contributed by atoms with van der Waals surface area (Å²) in [7, 11) is 0. The summed E-state index contributed by atoms with van der Waals surface area (Å²) >= 11 is 0. The summed E-state index contributed by atoms with van der Waals surface area (Å²) in [5.41, 5.74) is -0.264. The van der Waals surface area contributed by atoms with E-state index in [9.17, 15) is 44.3 Å². The number of esters is 1. The molecule has 0 N–H and O–H groups in total. The molecular formula is C22H23F9O4. The van der Waals surface area contributed by atoms with Crippen molar-refractivity contribution in [1.29, 1.82) is 0 Å². The lowest BCUT2D eigenvalue weighted by Gasteiger charge is -2.37. The predicted octanol–water partition coefficient (Wildman–Crippen LogP) is 6.58. The van der Waals surface area contributed by atoms with Gasteiger partial charge in [0.1, 0.15) is 0 Å². The van der Waals surface area contributed by atoms with E-state index in [1.807, 2.05) is 0 Å². The van der Waals surface area contributed by atoms with E-state index in [0.29, 0.717) is 24.0 Å². The molecule has 0 spiro atoms. The van der Waals surface area contributed by atoms with Crippen LogP contribution >= 0.6 is 0 Å². The van der Waals surface area contributed by atoms with Gasteiger partial charge in [0.15, 0.2) is 17.9 Å². The maximum absolute atomic E-state index is 14.3. The number of halogens is 9. The van der Waals surface area contributed by atoms with Gasteiger partial charge in [0, 0.05) is 11.5 Å². The maximum atomic E-state index is 14.3. The third-order valence-corrected chi connectivity index (χ3v) is 6.55. The average Bonchev–Trinajstić information content (AvgIpc) is 2.80. The number of ether oxygens (including phenoxy) is 3. The van der Waals surface area contributed by atoms with Crippen LogP contribution in [0.1, 0.15) is 50.9 Å². The molecule has 35 heavy (non-hydrogen) atoms. The second kappa shape index (κ2) is 10.2. The summed E-state index contributed by atoms with van der Waals surface area (Å²) < 4.78 is 133. The standard InChI is InChI=1S/C22H23F9O4/c1-2-11-3-5-12(6-4-11)14-9-33-18(34-10-14)13-7-15(23)17(16(24)8-13)35-19(32)20(25,26)21(27,28)22(29,30)31/h7-8,11-12,14,18H,2-6,9-10H2,1H3. The van der Waals surface area contributed by atoms with Crippen molar-refractivity contribution in [3.8, 4) is 5.75 Å². The first-order valence-electron chi connectivity index (χ1n) is 11.0. The third-order valence-electron chi connectivity index (χ3n) is 6.55.